The van der Waals surface area contributed by atoms with E-state index in [-0.39, 0.29) is 0 Å². The molecule has 0 atom stereocenters. The van der Waals surface area contributed by atoms with E-state index < -0.39 is 0 Å². The van der Waals surface area contributed by atoms with Gasteiger partial charge >= 0.3 is 0 Å². The molecule has 0 aromatic heterocycles. The van der Waals surface area contributed by atoms with Crippen molar-refractivity contribution in [2.75, 3.05) is 13.2 Å². The summed E-state index contributed by atoms with van der Waals surface area (Å²) in [5, 5.41) is 12.3. The van der Waals surface area contributed by atoms with E-state index in [1.807, 2.05) is 54.6 Å². The van der Waals surface area contributed by atoms with Gasteiger partial charge in [-0.1, -0.05) is 65.3 Å². The van der Waals surface area contributed by atoms with Crippen LogP contribution in [0.2, 0.25) is 5.02 Å². The van der Waals surface area contributed by atoms with Crippen molar-refractivity contribution in [2.45, 2.75) is 0 Å². The van der Waals surface area contributed by atoms with Crippen LogP contribution in [0.15, 0.2) is 78.0 Å². The molecule has 0 bridgehead atoms. The van der Waals surface area contributed by atoms with Crippen LogP contribution in [-0.4, -0.2) is 24.6 Å². The maximum atomic E-state index is 8.74. The van der Waals surface area contributed by atoms with Crippen LogP contribution < -0.4 is 9.47 Å². The lowest BCUT2D eigenvalue weighted by molar-refractivity contribution is 0.217. The molecule has 3 rings (SSSR count). The second-order valence-corrected chi connectivity index (χ2v) is 5.92. The molecule has 5 heteroatoms. The molecule has 0 fully saturated rings. The van der Waals surface area contributed by atoms with Crippen molar-refractivity contribution >= 4 is 17.8 Å². The van der Waals surface area contributed by atoms with Gasteiger partial charge in [0.2, 0.25) is 0 Å². The summed E-state index contributed by atoms with van der Waals surface area (Å²) in [6.45, 7) is 0.721. The lowest BCUT2D eigenvalue weighted by Gasteiger charge is -2.13. The molecule has 0 saturated carbocycles. The van der Waals surface area contributed by atoms with Gasteiger partial charge < -0.3 is 14.7 Å². The topological polar surface area (TPSA) is 51.1 Å². The van der Waals surface area contributed by atoms with E-state index in [2.05, 4.69) is 5.16 Å². The number of rotatable bonds is 7. The Balaban J connectivity index is 1.63. The van der Waals surface area contributed by atoms with Crippen molar-refractivity contribution in [3.05, 3.63) is 83.4 Å². The molecule has 0 amide bonds. The van der Waals surface area contributed by atoms with Gasteiger partial charge in [0, 0.05) is 16.1 Å². The number of para-hydroxylation sites is 1. The van der Waals surface area contributed by atoms with Gasteiger partial charge in [0.25, 0.3) is 0 Å². The molecule has 0 heterocycles. The predicted octanol–water partition coefficient (Wildman–Crippen LogP) is 5.27. The zero-order valence-electron chi connectivity index (χ0n) is 14.0. The molecule has 3 aromatic rings. The molecule has 0 unspecified atom stereocenters. The Bertz CT molecular complexity index is 881. The molecule has 4 nitrogen and oxygen atoms in total. The minimum absolute atomic E-state index is 0.344. The van der Waals surface area contributed by atoms with Crippen LogP contribution in [0.4, 0.5) is 0 Å². The maximum Gasteiger partial charge on any atom is 0.128 e. The third-order valence-corrected chi connectivity index (χ3v) is 3.97. The average molecular weight is 368 g/mol. The second-order valence-electron chi connectivity index (χ2n) is 5.49. The SMILES string of the molecule is ON=Cc1cc(Cl)ccc1OCCOc1ccccc1-c1ccccc1. The molecule has 0 aliphatic heterocycles. The molecule has 3 aromatic carbocycles. The van der Waals surface area contributed by atoms with E-state index in [0.717, 1.165) is 16.9 Å². The summed E-state index contributed by atoms with van der Waals surface area (Å²) in [5.41, 5.74) is 2.74. The van der Waals surface area contributed by atoms with Crippen LogP contribution in [0.25, 0.3) is 11.1 Å². The molecule has 0 aliphatic rings. The first-order chi connectivity index (χ1) is 12.8. The average Bonchev–Trinajstić information content (AvgIpc) is 2.68. The molecule has 26 heavy (non-hydrogen) atoms. The third-order valence-electron chi connectivity index (χ3n) is 3.74. The Morgan fingerprint density at radius 3 is 2.31 bits per heavy atom. The lowest BCUT2D eigenvalue weighted by atomic mass is 10.1. The Morgan fingerprint density at radius 1 is 0.846 bits per heavy atom. The summed E-state index contributed by atoms with van der Waals surface area (Å²) in [7, 11) is 0. The molecule has 0 spiro atoms. The van der Waals surface area contributed by atoms with Crippen LogP contribution >= 0.6 is 11.6 Å². The van der Waals surface area contributed by atoms with Crippen LogP contribution in [0.1, 0.15) is 5.56 Å². The van der Waals surface area contributed by atoms with Crippen molar-refractivity contribution in [1.82, 2.24) is 0 Å². The Morgan fingerprint density at radius 2 is 1.54 bits per heavy atom. The normalized spacial score (nSPS) is 10.8. The maximum absolute atomic E-state index is 8.74. The number of hydrogen-bond acceptors (Lipinski definition) is 4. The Hall–Kier alpha value is -2.98. The highest BCUT2D eigenvalue weighted by molar-refractivity contribution is 6.30. The van der Waals surface area contributed by atoms with Gasteiger partial charge in [-0.25, -0.2) is 0 Å². The van der Waals surface area contributed by atoms with Gasteiger partial charge in [-0.3, -0.25) is 0 Å². The molecule has 1 N–H and O–H groups in total. The van der Waals surface area contributed by atoms with Crippen LogP contribution in [0, 0.1) is 0 Å². The number of ether oxygens (including phenoxy) is 2. The van der Waals surface area contributed by atoms with E-state index in [0.29, 0.717) is 29.5 Å². The molecule has 0 radical (unpaired) electrons. The van der Waals surface area contributed by atoms with Crippen LogP contribution in [0.5, 0.6) is 11.5 Å². The zero-order chi connectivity index (χ0) is 18.2. The summed E-state index contributed by atoms with van der Waals surface area (Å²) in [6.07, 6.45) is 1.28. The molecular formula is C21H18ClNO3. The van der Waals surface area contributed by atoms with Gasteiger partial charge in [0.05, 0.1) is 6.21 Å². The van der Waals surface area contributed by atoms with Gasteiger partial charge in [-0.15, -0.1) is 0 Å². The highest BCUT2D eigenvalue weighted by Crippen LogP contribution is 2.29. The minimum Gasteiger partial charge on any atom is -0.489 e. The molecular weight excluding hydrogens is 350 g/mol. The standard InChI is InChI=1S/C21H18ClNO3/c22-18-10-11-20(17(14-18)15-23-24)25-12-13-26-21-9-5-4-8-19(21)16-6-2-1-3-7-16/h1-11,14-15,24H,12-13H2. The smallest absolute Gasteiger partial charge is 0.128 e. The largest absolute Gasteiger partial charge is 0.489 e. The fourth-order valence-corrected chi connectivity index (χ4v) is 2.75. The summed E-state index contributed by atoms with van der Waals surface area (Å²) in [6, 6.07) is 23.1. The second kappa shape index (κ2) is 8.92. The van der Waals surface area contributed by atoms with Crippen molar-refractivity contribution in [3.63, 3.8) is 0 Å². The van der Waals surface area contributed by atoms with Crippen molar-refractivity contribution in [2.24, 2.45) is 5.16 Å². The van der Waals surface area contributed by atoms with E-state index in [4.69, 9.17) is 26.3 Å². The minimum atomic E-state index is 0.344. The highest BCUT2D eigenvalue weighted by atomic mass is 35.5. The summed E-state index contributed by atoms with van der Waals surface area (Å²) >= 11 is 5.95. The van der Waals surface area contributed by atoms with Crippen molar-refractivity contribution < 1.29 is 14.7 Å². The van der Waals surface area contributed by atoms with Crippen molar-refractivity contribution in [1.29, 1.82) is 0 Å². The summed E-state index contributed by atoms with van der Waals surface area (Å²) < 4.78 is 11.6. The van der Waals surface area contributed by atoms with Crippen LogP contribution in [0.3, 0.4) is 0 Å². The Labute approximate surface area is 157 Å². The highest BCUT2D eigenvalue weighted by Gasteiger charge is 2.06. The monoisotopic (exact) mass is 367 g/mol. The Kier molecular flexibility index (Phi) is 6.12. The number of hydrogen-bond donors (Lipinski definition) is 1. The fraction of sp³-hybridized carbons (Fsp3) is 0.0952. The number of oxime groups is 1. The molecule has 0 saturated heterocycles. The van der Waals surface area contributed by atoms with E-state index in [1.54, 1.807) is 18.2 Å². The summed E-state index contributed by atoms with van der Waals surface area (Å²) in [4.78, 5) is 0. The first kappa shape index (κ1) is 17.8. The fourth-order valence-electron chi connectivity index (χ4n) is 2.57. The van der Waals surface area contributed by atoms with E-state index in [9.17, 15) is 0 Å². The van der Waals surface area contributed by atoms with E-state index in [1.165, 1.54) is 6.21 Å². The van der Waals surface area contributed by atoms with E-state index >= 15 is 0 Å². The third kappa shape index (κ3) is 4.55. The van der Waals surface area contributed by atoms with Gasteiger partial charge in [0.1, 0.15) is 24.7 Å². The lowest BCUT2D eigenvalue weighted by Crippen LogP contribution is -2.10. The van der Waals surface area contributed by atoms with Gasteiger partial charge in [-0.2, -0.15) is 0 Å². The first-order valence-corrected chi connectivity index (χ1v) is 8.53. The molecule has 0 aliphatic carbocycles. The first-order valence-electron chi connectivity index (χ1n) is 8.15. The van der Waals surface area contributed by atoms with Gasteiger partial charge in [0.15, 0.2) is 0 Å². The molecule has 132 valence electrons. The summed E-state index contributed by atoms with van der Waals surface area (Å²) in [5.74, 6) is 1.38. The van der Waals surface area contributed by atoms with Gasteiger partial charge in [-0.05, 0) is 29.8 Å². The number of nitrogens with zero attached hydrogens (tertiary/aromatic N) is 1. The zero-order valence-corrected chi connectivity index (χ0v) is 14.8. The quantitative estimate of drug-likeness (QED) is 0.268. The predicted molar refractivity (Wildman–Crippen MR) is 104 cm³/mol. The number of benzene rings is 3. The number of halogens is 1. The van der Waals surface area contributed by atoms with Crippen molar-refractivity contribution in [3.8, 4) is 22.6 Å². The van der Waals surface area contributed by atoms with Crippen LogP contribution in [-0.2, 0) is 0 Å².